The predicted molar refractivity (Wildman–Crippen MR) is 84.6 cm³/mol. The maximum absolute atomic E-state index is 12.2. The van der Waals surface area contributed by atoms with Crippen molar-refractivity contribution < 1.29 is 20.1 Å². The molecule has 10 heteroatoms. The summed E-state index contributed by atoms with van der Waals surface area (Å²) >= 11 is 0. The fourth-order valence-corrected chi connectivity index (χ4v) is 2.75. The third-order valence-electron chi connectivity index (χ3n) is 4.07. The topological polar surface area (TPSA) is 146 Å². The Morgan fingerprint density at radius 1 is 1.54 bits per heavy atom. The largest absolute Gasteiger partial charge is 0.396 e. The Hall–Kier alpha value is -2.01. The maximum atomic E-state index is 12.2. The third-order valence-corrected chi connectivity index (χ3v) is 4.07. The van der Waals surface area contributed by atoms with Crippen LogP contribution in [-0.2, 0) is 4.74 Å². The molecule has 1 aliphatic heterocycles. The summed E-state index contributed by atoms with van der Waals surface area (Å²) in [6.07, 6.45) is 0.203. The first kappa shape index (κ1) is 16.8. The van der Waals surface area contributed by atoms with E-state index in [1.54, 1.807) is 4.57 Å². The summed E-state index contributed by atoms with van der Waals surface area (Å²) in [6.45, 7) is 1.60. The Balaban J connectivity index is 1.93. The standard InChI is InChI=1S/C14H21N5O5/c1-7(2-3-20)16-14-17-12-11(13(23)18-14)15-6-19(12)10-4-8(22)9(5-21)24-10/h6-10,20-22H,2-5H2,1H3,(H2,16,17,18,23)/t7?,8-,9+,10+/m0/s1. The van der Waals surface area contributed by atoms with Gasteiger partial charge in [0.2, 0.25) is 5.95 Å². The SMILES string of the molecule is CC(CCO)Nc1nc2c(ncn2[C@H]2C[C@H](O)[C@@H](CO)O2)c(=O)[nH]1. The van der Waals surface area contributed by atoms with Crippen LogP contribution in [0.25, 0.3) is 11.2 Å². The Labute approximate surface area is 137 Å². The number of aromatic amines is 1. The van der Waals surface area contributed by atoms with Crippen molar-refractivity contribution in [2.24, 2.45) is 0 Å². The summed E-state index contributed by atoms with van der Waals surface area (Å²) in [7, 11) is 0. The van der Waals surface area contributed by atoms with Gasteiger partial charge in [0.15, 0.2) is 11.2 Å². The predicted octanol–water partition coefficient (Wildman–Crippen LogP) is -1.06. The molecule has 0 spiro atoms. The number of aliphatic hydroxyl groups is 3. The number of anilines is 1. The lowest BCUT2D eigenvalue weighted by Gasteiger charge is -2.15. The number of nitrogens with one attached hydrogen (secondary N) is 2. The van der Waals surface area contributed by atoms with Crippen molar-refractivity contribution in [3.8, 4) is 0 Å². The van der Waals surface area contributed by atoms with Crippen LogP contribution in [0.4, 0.5) is 5.95 Å². The number of hydrogen-bond donors (Lipinski definition) is 5. The van der Waals surface area contributed by atoms with Gasteiger partial charge in [-0.1, -0.05) is 0 Å². The first-order chi connectivity index (χ1) is 11.5. The highest BCUT2D eigenvalue weighted by molar-refractivity contribution is 5.70. The van der Waals surface area contributed by atoms with E-state index in [0.29, 0.717) is 12.1 Å². The molecule has 0 bridgehead atoms. The van der Waals surface area contributed by atoms with Gasteiger partial charge in [-0.05, 0) is 13.3 Å². The molecule has 0 amide bonds. The number of fused-ring (bicyclic) bond motifs is 1. The highest BCUT2D eigenvalue weighted by atomic mass is 16.5. The summed E-state index contributed by atoms with van der Waals surface area (Å²) in [4.78, 5) is 23.2. The molecule has 5 N–H and O–H groups in total. The molecule has 0 radical (unpaired) electrons. The first-order valence-corrected chi connectivity index (χ1v) is 7.82. The van der Waals surface area contributed by atoms with E-state index in [1.807, 2.05) is 6.92 Å². The van der Waals surface area contributed by atoms with Gasteiger partial charge in [0, 0.05) is 19.1 Å². The second kappa shape index (κ2) is 6.85. The van der Waals surface area contributed by atoms with Gasteiger partial charge in [0.1, 0.15) is 12.3 Å². The van der Waals surface area contributed by atoms with E-state index in [9.17, 15) is 15.0 Å². The van der Waals surface area contributed by atoms with Crippen molar-refractivity contribution in [2.45, 2.75) is 44.2 Å². The first-order valence-electron chi connectivity index (χ1n) is 7.82. The van der Waals surface area contributed by atoms with E-state index >= 15 is 0 Å². The maximum Gasteiger partial charge on any atom is 0.280 e. The molecule has 1 unspecified atom stereocenters. The molecule has 24 heavy (non-hydrogen) atoms. The quantitative estimate of drug-likeness (QED) is 0.448. The Kier molecular flexibility index (Phi) is 4.81. The molecule has 10 nitrogen and oxygen atoms in total. The molecule has 0 aliphatic carbocycles. The van der Waals surface area contributed by atoms with Crippen molar-refractivity contribution in [1.29, 1.82) is 0 Å². The summed E-state index contributed by atoms with van der Waals surface area (Å²) < 4.78 is 7.17. The second-order valence-electron chi connectivity index (χ2n) is 5.91. The van der Waals surface area contributed by atoms with E-state index < -0.39 is 24.0 Å². The number of hydrogen-bond acceptors (Lipinski definition) is 8. The minimum absolute atomic E-state index is 0.0227. The lowest BCUT2D eigenvalue weighted by Crippen LogP contribution is -2.24. The zero-order valence-electron chi connectivity index (χ0n) is 13.2. The molecule has 0 saturated carbocycles. The molecule has 0 aromatic carbocycles. The van der Waals surface area contributed by atoms with Crippen LogP contribution in [0.15, 0.2) is 11.1 Å². The number of nitrogens with zero attached hydrogens (tertiary/aromatic N) is 3. The second-order valence-corrected chi connectivity index (χ2v) is 5.91. The van der Waals surface area contributed by atoms with Crippen molar-refractivity contribution >= 4 is 17.1 Å². The Morgan fingerprint density at radius 3 is 3.00 bits per heavy atom. The van der Waals surface area contributed by atoms with Crippen LogP contribution < -0.4 is 10.9 Å². The minimum atomic E-state index is -0.790. The van der Waals surface area contributed by atoms with Crippen LogP contribution in [0.2, 0.25) is 0 Å². The average Bonchev–Trinajstić information content (AvgIpc) is 3.10. The van der Waals surface area contributed by atoms with Crippen molar-refractivity contribution in [3.63, 3.8) is 0 Å². The average molecular weight is 339 g/mol. The highest BCUT2D eigenvalue weighted by Crippen LogP contribution is 2.30. The minimum Gasteiger partial charge on any atom is -0.396 e. The highest BCUT2D eigenvalue weighted by Gasteiger charge is 2.35. The van der Waals surface area contributed by atoms with Gasteiger partial charge < -0.3 is 25.4 Å². The fraction of sp³-hybridized carbons (Fsp3) is 0.643. The van der Waals surface area contributed by atoms with Crippen LogP contribution in [-0.4, -0.2) is 66.3 Å². The van der Waals surface area contributed by atoms with Gasteiger partial charge >= 0.3 is 0 Å². The molecule has 3 heterocycles. The van der Waals surface area contributed by atoms with E-state index in [1.165, 1.54) is 6.33 Å². The zero-order chi connectivity index (χ0) is 17.3. The van der Waals surface area contributed by atoms with Gasteiger partial charge in [-0.15, -0.1) is 0 Å². The molecule has 1 saturated heterocycles. The van der Waals surface area contributed by atoms with E-state index in [4.69, 9.17) is 9.84 Å². The number of ether oxygens (including phenoxy) is 1. The number of aliphatic hydroxyl groups excluding tert-OH is 3. The monoisotopic (exact) mass is 339 g/mol. The molecule has 132 valence electrons. The number of H-pyrrole nitrogens is 1. The molecule has 2 aromatic heterocycles. The summed E-state index contributed by atoms with van der Waals surface area (Å²) in [5.74, 6) is 0.271. The van der Waals surface area contributed by atoms with E-state index in [-0.39, 0.29) is 37.1 Å². The Morgan fingerprint density at radius 2 is 2.33 bits per heavy atom. The molecular weight excluding hydrogens is 318 g/mol. The lowest BCUT2D eigenvalue weighted by atomic mass is 10.2. The van der Waals surface area contributed by atoms with Crippen molar-refractivity contribution in [1.82, 2.24) is 19.5 Å². The number of rotatable bonds is 6. The van der Waals surface area contributed by atoms with Crippen LogP contribution in [0.5, 0.6) is 0 Å². The Bertz CT molecular complexity index is 760. The van der Waals surface area contributed by atoms with Crippen LogP contribution in [0, 0.1) is 0 Å². The summed E-state index contributed by atoms with van der Waals surface area (Å²) in [5, 5.41) is 31.0. The van der Waals surface area contributed by atoms with Gasteiger partial charge in [-0.2, -0.15) is 4.98 Å². The summed E-state index contributed by atoms with van der Waals surface area (Å²) in [6, 6.07) is -0.0738. The number of imidazole rings is 1. The zero-order valence-corrected chi connectivity index (χ0v) is 13.2. The molecular formula is C14H21N5O5. The molecule has 4 atom stereocenters. The van der Waals surface area contributed by atoms with Gasteiger partial charge in [-0.3, -0.25) is 14.3 Å². The fourth-order valence-electron chi connectivity index (χ4n) is 2.75. The van der Waals surface area contributed by atoms with Crippen LogP contribution >= 0.6 is 0 Å². The molecule has 1 aliphatic rings. The number of aromatic nitrogens is 4. The van der Waals surface area contributed by atoms with Crippen molar-refractivity contribution in [2.75, 3.05) is 18.5 Å². The van der Waals surface area contributed by atoms with Crippen LogP contribution in [0.3, 0.4) is 0 Å². The molecule has 1 fully saturated rings. The molecule has 2 aromatic rings. The normalized spacial score (nSPS) is 25.2. The van der Waals surface area contributed by atoms with Crippen LogP contribution in [0.1, 0.15) is 26.0 Å². The van der Waals surface area contributed by atoms with E-state index in [0.717, 1.165) is 0 Å². The lowest BCUT2D eigenvalue weighted by molar-refractivity contribution is -0.0432. The smallest absolute Gasteiger partial charge is 0.280 e. The summed E-state index contributed by atoms with van der Waals surface area (Å²) in [5.41, 5.74) is 0.101. The van der Waals surface area contributed by atoms with E-state index in [2.05, 4.69) is 20.3 Å². The van der Waals surface area contributed by atoms with Crippen molar-refractivity contribution in [3.05, 3.63) is 16.7 Å². The van der Waals surface area contributed by atoms with Gasteiger partial charge in [-0.25, -0.2) is 4.98 Å². The van der Waals surface area contributed by atoms with Gasteiger partial charge in [0.05, 0.1) is 19.0 Å². The van der Waals surface area contributed by atoms with Gasteiger partial charge in [0.25, 0.3) is 5.56 Å². The third kappa shape index (κ3) is 3.13. The molecule has 3 rings (SSSR count).